The summed E-state index contributed by atoms with van der Waals surface area (Å²) in [4.78, 5) is 3.41. The van der Waals surface area contributed by atoms with Crippen LogP contribution in [-0.2, 0) is 0 Å². The number of hydrogen-bond donors (Lipinski definition) is 0. The molecular weight excluding hydrogens is 376 g/mol. The molecule has 4 unspecified atom stereocenters. The van der Waals surface area contributed by atoms with Gasteiger partial charge in [-0.2, -0.15) is 0 Å². The van der Waals surface area contributed by atoms with E-state index in [-0.39, 0.29) is 0 Å². The van der Waals surface area contributed by atoms with E-state index in [1.54, 1.807) is 20.9 Å². The van der Waals surface area contributed by atoms with E-state index in [0.717, 1.165) is 11.8 Å². The first-order valence-electron chi connectivity index (χ1n) is 11.9. The third-order valence-corrected chi connectivity index (χ3v) is 9.16. The zero-order valence-corrected chi connectivity index (χ0v) is 20.1. The molecule has 0 nitrogen and oxygen atoms in total. The average molecular weight is 417 g/mol. The predicted octanol–water partition coefficient (Wildman–Crippen LogP) is 9.60. The van der Waals surface area contributed by atoms with Gasteiger partial charge in [0.1, 0.15) is 0 Å². The molecule has 0 amide bonds. The first-order chi connectivity index (χ1) is 13.7. The number of thiophene rings is 2. The van der Waals surface area contributed by atoms with E-state index < -0.39 is 0 Å². The number of unbranched alkanes of at least 4 members (excludes halogenated alkanes) is 2. The van der Waals surface area contributed by atoms with Crippen LogP contribution in [0.2, 0.25) is 0 Å². The summed E-state index contributed by atoms with van der Waals surface area (Å²) < 4.78 is 0. The number of rotatable bonds is 12. The Bertz CT molecular complexity index is 598. The van der Waals surface area contributed by atoms with Gasteiger partial charge in [-0.1, -0.05) is 79.1 Å². The van der Waals surface area contributed by atoms with Crippen molar-refractivity contribution in [1.29, 1.82) is 0 Å². The van der Waals surface area contributed by atoms with E-state index in [4.69, 9.17) is 0 Å². The smallest absolute Gasteiger partial charge is 0.0200 e. The van der Waals surface area contributed by atoms with E-state index in [9.17, 15) is 0 Å². The quantitative estimate of drug-likeness (QED) is 0.323. The Morgan fingerprint density at radius 1 is 0.714 bits per heavy atom. The first kappa shape index (κ1) is 22.1. The molecule has 0 bridgehead atoms. The third kappa shape index (κ3) is 4.93. The lowest BCUT2D eigenvalue weighted by molar-refractivity contribution is 0.386. The molecule has 2 heteroatoms. The second-order valence-corrected chi connectivity index (χ2v) is 10.8. The largest absolute Gasteiger partial charge is 0.148 e. The van der Waals surface area contributed by atoms with Crippen molar-refractivity contribution in [3.63, 3.8) is 0 Å². The van der Waals surface area contributed by atoms with Gasteiger partial charge >= 0.3 is 0 Å². The summed E-state index contributed by atoms with van der Waals surface area (Å²) in [5, 5.41) is 4.75. The monoisotopic (exact) mass is 416 g/mol. The third-order valence-electron chi connectivity index (χ3n) is 7.06. The Balaban J connectivity index is 1.84. The summed E-state index contributed by atoms with van der Waals surface area (Å²) in [7, 11) is 0. The van der Waals surface area contributed by atoms with E-state index in [1.807, 2.05) is 22.7 Å². The molecule has 2 aromatic rings. The molecule has 2 aromatic heterocycles. The van der Waals surface area contributed by atoms with Crippen molar-refractivity contribution >= 4 is 22.7 Å². The van der Waals surface area contributed by atoms with E-state index in [1.165, 1.54) is 64.2 Å². The molecule has 0 spiro atoms. The van der Waals surface area contributed by atoms with Crippen molar-refractivity contribution in [3.05, 3.63) is 43.8 Å². The van der Waals surface area contributed by atoms with Crippen LogP contribution in [0.3, 0.4) is 0 Å². The van der Waals surface area contributed by atoms with Gasteiger partial charge in [0, 0.05) is 21.6 Å². The molecule has 0 saturated heterocycles. The zero-order chi connectivity index (χ0) is 19.9. The summed E-state index contributed by atoms with van der Waals surface area (Å²) in [6.07, 6.45) is 13.6. The molecular formula is C26H40S2. The molecule has 2 heterocycles. The first-order valence-corrected chi connectivity index (χ1v) is 13.6. The van der Waals surface area contributed by atoms with Gasteiger partial charge < -0.3 is 0 Å². The number of fused-ring (bicyclic) bond motifs is 2. The van der Waals surface area contributed by atoms with E-state index in [2.05, 4.69) is 50.6 Å². The highest BCUT2D eigenvalue weighted by molar-refractivity contribution is 7.11. The van der Waals surface area contributed by atoms with E-state index in [0.29, 0.717) is 11.8 Å². The van der Waals surface area contributed by atoms with Gasteiger partial charge in [-0.15, -0.1) is 22.7 Å². The summed E-state index contributed by atoms with van der Waals surface area (Å²) in [5.41, 5.74) is 3.37. The predicted molar refractivity (Wildman–Crippen MR) is 128 cm³/mol. The maximum atomic E-state index is 2.47. The topological polar surface area (TPSA) is 0 Å². The van der Waals surface area contributed by atoms with Gasteiger partial charge in [0.05, 0.1) is 0 Å². The zero-order valence-electron chi connectivity index (χ0n) is 18.5. The molecule has 4 atom stereocenters. The number of hydrogen-bond acceptors (Lipinski definition) is 2. The Morgan fingerprint density at radius 3 is 1.50 bits per heavy atom. The Hall–Kier alpha value is -0.600. The highest BCUT2D eigenvalue weighted by Gasteiger charge is 2.35. The van der Waals surface area contributed by atoms with Crippen LogP contribution >= 0.6 is 22.7 Å². The van der Waals surface area contributed by atoms with Crippen molar-refractivity contribution in [2.45, 2.75) is 104 Å². The summed E-state index contributed by atoms with van der Waals surface area (Å²) in [5.74, 6) is 3.06. The van der Waals surface area contributed by atoms with Crippen LogP contribution in [0, 0.1) is 11.8 Å². The van der Waals surface area contributed by atoms with Crippen LogP contribution in [-0.4, -0.2) is 0 Å². The van der Waals surface area contributed by atoms with Crippen LogP contribution in [0.15, 0.2) is 22.9 Å². The Morgan fingerprint density at radius 2 is 1.14 bits per heavy atom. The highest BCUT2D eigenvalue weighted by atomic mass is 32.1. The molecule has 3 rings (SSSR count). The minimum Gasteiger partial charge on any atom is -0.148 e. The van der Waals surface area contributed by atoms with Crippen LogP contribution in [0.25, 0.3) is 0 Å². The molecule has 0 fully saturated rings. The molecule has 0 aromatic carbocycles. The minimum absolute atomic E-state index is 0.657. The standard InChI is InChI=1S/C26H40S2/c1-5-9-11-19(7-3)17-23-21-13-15-28-26(21)24(22-14-16-27-25(22)23)18-20(8-4)12-10-6-2/h13-16,19-20,23-24H,5-12,17-18H2,1-4H3. The van der Waals surface area contributed by atoms with Gasteiger partial charge in [-0.3, -0.25) is 0 Å². The SMILES string of the molecule is CCCCC(CC)CC1c2ccsc2C(CC(CC)CCCC)c2ccsc21. The highest BCUT2D eigenvalue weighted by Crippen LogP contribution is 2.52. The van der Waals surface area contributed by atoms with Crippen LogP contribution < -0.4 is 0 Å². The van der Waals surface area contributed by atoms with Crippen molar-refractivity contribution < 1.29 is 0 Å². The van der Waals surface area contributed by atoms with Gasteiger partial charge in [-0.05, 0) is 58.7 Å². The Kier molecular flexibility index (Phi) is 8.66. The molecule has 1 aliphatic carbocycles. The molecule has 1 aliphatic rings. The van der Waals surface area contributed by atoms with Crippen LogP contribution in [0.1, 0.15) is 125 Å². The maximum absolute atomic E-state index is 2.47. The second-order valence-electron chi connectivity index (χ2n) is 8.89. The minimum atomic E-state index is 0.657. The van der Waals surface area contributed by atoms with Crippen molar-refractivity contribution in [2.24, 2.45) is 11.8 Å². The average Bonchev–Trinajstić information content (AvgIpc) is 3.39. The molecule has 0 saturated carbocycles. The summed E-state index contributed by atoms with van der Waals surface area (Å²) in [6.45, 7) is 9.45. The fraction of sp³-hybridized carbons (Fsp3) is 0.692. The fourth-order valence-corrected chi connectivity index (χ4v) is 7.37. The second kappa shape index (κ2) is 11.0. The summed E-state index contributed by atoms with van der Waals surface area (Å²) in [6, 6.07) is 4.94. The molecule has 0 aliphatic heterocycles. The van der Waals surface area contributed by atoms with Crippen LogP contribution in [0.5, 0.6) is 0 Å². The Labute approximate surface area is 181 Å². The molecule has 156 valence electrons. The van der Waals surface area contributed by atoms with Gasteiger partial charge in [-0.25, -0.2) is 0 Å². The lowest BCUT2D eigenvalue weighted by atomic mass is 9.73. The lowest BCUT2D eigenvalue weighted by Gasteiger charge is -2.33. The van der Waals surface area contributed by atoms with Crippen molar-refractivity contribution in [2.75, 3.05) is 0 Å². The van der Waals surface area contributed by atoms with Crippen molar-refractivity contribution in [3.8, 4) is 0 Å². The van der Waals surface area contributed by atoms with Crippen LogP contribution in [0.4, 0.5) is 0 Å². The molecule has 28 heavy (non-hydrogen) atoms. The maximum Gasteiger partial charge on any atom is 0.0200 e. The molecule has 0 radical (unpaired) electrons. The fourth-order valence-electron chi connectivity index (χ4n) is 5.18. The van der Waals surface area contributed by atoms with E-state index >= 15 is 0 Å². The van der Waals surface area contributed by atoms with Gasteiger partial charge in [0.2, 0.25) is 0 Å². The molecule has 0 N–H and O–H groups in total. The summed E-state index contributed by atoms with van der Waals surface area (Å²) >= 11 is 4.08. The van der Waals surface area contributed by atoms with Gasteiger partial charge in [0.15, 0.2) is 0 Å². The normalized spacial score (nSPS) is 20.6. The van der Waals surface area contributed by atoms with Gasteiger partial charge in [0.25, 0.3) is 0 Å². The van der Waals surface area contributed by atoms with Crippen molar-refractivity contribution in [1.82, 2.24) is 0 Å². The lowest BCUT2D eigenvalue weighted by Crippen LogP contribution is -2.19.